The van der Waals surface area contributed by atoms with E-state index in [0.29, 0.717) is 6.04 Å². The summed E-state index contributed by atoms with van der Waals surface area (Å²) in [5.41, 5.74) is 2.33. The summed E-state index contributed by atoms with van der Waals surface area (Å²) in [5, 5.41) is 5.05. The van der Waals surface area contributed by atoms with Crippen molar-refractivity contribution in [3.05, 3.63) is 63.6 Å². The highest BCUT2D eigenvalue weighted by Gasteiger charge is 2.19. The summed E-state index contributed by atoms with van der Waals surface area (Å²) < 4.78 is 0.949. The monoisotopic (exact) mass is 380 g/mol. The number of thioether (sulfide) groups is 1. The molecule has 1 N–H and O–H groups in total. The molecular formula is C16H14BrClN2S. The molecule has 1 aliphatic heterocycles. The summed E-state index contributed by atoms with van der Waals surface area (Å²) in [7, 11) is 0. The Balaban J connectivity index is 1.66. The van der Waals surface area contributed by atoms with Crippen LogP contribution in [0.5, 0.6) is 0 Å². The fourth-order valence-electron chi connectivity index (χ4n) is 2.18. The van der Waals surface area contributed by atoms with E-state index in [9.17, 15) is 0 Å². The van der Waals surface area contributed by atoms with E-state index in [-0.39, 0.29) is 0 Å². The van der Waals surface area contributed by atoms with Gasteiger partial charge in [0.1, 0.15) is 0 Å². The molecule has 0 spiro atoms. The average Bonchev–Trinajstić information content (AvgIpc) is 2.90. The van der Waals surface area contributed by atoms with Crippen molar-refractivity contribution in [1.82, 2.24) is 0 Å². The standard InChI is InChI=1S/C16H14BrClN2S/c17-14-9-12(18)6-7-15(14)20-16-19-13(10-21-16)8-11-4-2-1-3-5-11/h1-7,9,13H,8,10H2,(H,19,20). The molecule has 1 heterocycles. The van der Waals surface area contributed by atoms with Gasteiger partial charge in [-0.25, -0.2) is 0 Å². The van der Waals surface area contributed by atoms with Crippen LogP contribution in [0.25, 0.3) is 0 Å². The second-order valence-electron chi connectivity index (χ2n) is 4.84. The smallest absolute Gasteiger partial charge is 0.161 e. The van der Waals surface area contributed by atoms with E-state index in [2.05, 4.69) is 45.5 Å². The zero-order valence-corrected chi connectivity index (χ0v) is 14.4. The maximum atomic E-state index is 5.95. The molecule has 0 saturated heterocycles. The quantitative estimate of drug-likeness (QED) is 0.787. The molecule has 1 unspecified atom stereocenters. The third kappa shape index (κ3) is 4.02. The molecule has 108 valence electrons. The SMILES string of the molecule is Clc1ccc(NC2=NC(Cc3ccccc3)CS2)c(Br)c1. The highest BCUT2D eigenvalue weighted by molar-refractivity contribution is 9.10. The second kappa shape index (κ2) is 6.86. The van der Waals surface area contributed by atoms with Gasteiger partial charge in [0.25, 0.3) is 0 Å². The molecular weight excluding hydrogens is 368 g/mol. The zero-order chi connectivity index (χ0) is 14.7. The van der Waals surface area contributed by atoms with E-state index < -0.39 is 0 Å². The van der Waals surface area contributed by atoms with Crippen LogP contribution >= 0.6 is 39.3 Å². The fraction of sp³-hybridized carbons (Fsp3) is 0.188. The Labute approximate surface area is 142 Å². The molecule has 0 aliphatic carbocycles. The van der Waals surface area contributed by atoms with E-state index in [1.165, 1.54) is 5.56 Å². The van der Waals surface area contributed by atoms with Gasteiger partial charge in [-0.2, -0.15) is 0 Å². The van der Waals surface area contributed by atoms with Gasteiger partial charge in [-0.05, 0) is 46.1 Å². The first-order chi connectivity index (χ1) is 10.2. The molecule has 1 atom stereocenters. The number of nitrogens with one attached hydrogen (secondary N) is 1. The molecule has 1 aliphatic rings. The first-order valence-electron chi connectivity index (χ1n) is 6.67. The summed E-state index contributed by atoms with van der Waals surface area (Å²) in [5.74, 6) is 1.02. The molecule has 3 rings (SSSR count). The molecule has 0 fully saturated rings. The predicted octanol–water partition coefficient (Wildman–Crippen LogP) is 5.23. The van der Waals surface area contributed by atoms with Crippen molar-refractivity contribution in [3.8, 4) is 0 Å². The van der Waals surface area contributed by atoms with Crippen LogP contribution < -0.4 is 5.32 Å². The highest BCUT2D eigenvalue weighted by atomic mass is 79.9. The fourth-order valence-corrected chi connectivity index (χ4v) is 3.91. The molecule has 0 radical (unpaired) electrons. The van der Waals surface area contributed by atoms with Crippen molar-refractivity contribution < 1.29 is 0 Å². The van der Waals surface area contributed by atoms with Crippen LogP contribution in [0.2, 0.25) is 5.02 Å². The Bertz CT molecular complexity index is 661. The van der Waals surface area contributed by atoms with Crippen LogP contribution in [-0.4, -0.2) is 17.0 Å². The molecule has 0 bridgehead atoms. The van der Waals surface area contributed by atoms with Crippen LogP contribution in [0.15, 0.2) is 58.0 Å². The molecule has 21 heavy (non-hydrogen) atoms. The van der Waals surface area contributed by atoms with E-state index in [0.717, 1.165) is 32.5 Å². The lowest BCUT2D eigenvalue weighted by atomic mass is 10.1. The number of benzene rings is 2. The van der Waals surface area contributed by atoms with Gasteiger partial charge in [0, 0.05) is 15.2 Å². The van der Waals surface area contributed by atoms with Gasteiger partial charge in [-0.1, -0.05) is 53.7 Å². The second-order valence-corrected chi connectivity index (χ2v) is 7.14. The van der Waals surface area contributed by atoms with Crippen molar-refractivity contribution in [2.45, 2.75) is 12.5 Å². The van der Waals surface area contributed by atoms with Gasteiger partial charge in [-0.3, -0.25) is 4.99 Å². The van der Waals surface area contributed by atoms with Crippen LogP contribution in [0, 0.1) is 0 Å². The lowest BCUT2D eigenvalue weighted by molar-refractivity contribution is 0.762. The summed E-state index contributed by atoms with van der Waals surface area (Å²) in [6, 6.07) is 16.5. The number of hydrogen-bond donors (Lipinski definition) is 1. The van der Waals surface area contributed by atoms with E-state index in [1.54, 1.807) is 11.8 Å². The summed E-state index contributed by atoms with van der Waals surface area (Å²) >= 11 is 11.2. The number of aliphatic imine (C=N–C) groups is 1. The van der Waals surface area contributed by atoms with Gasteiger partial charge >= 0.3 is 0 Å². The zero-order valence-electron chi connectivity index (χ0n) is 11.2. The molecule has 0 aromatic heterocycles. The van der Waals surface area contributed by atoms with Crippen molar-refractivity contribution in [2.75, 3.05) is 11.1 Å². The third-order valence-electron chi connectivity index (χ3n) is 3.20. The van der Waals surface area contributed by atoms with Gasteiger partial charge in [0.15, 0.2) is 5.17 Å². The largest absolute Gasteiger partial charge is 0.334 e. The Kier molecular flexibility index (Phi) is 4.88. The normalized spacial score (nSPS) is 17.6. The van der Waals surface area contributed by atoms with Crippen LogP contribution in [0.3, 0.4) is 0 Å². The Morgan fingerprint density at radius 1 is 1.24 bits per heavy atom. The number of amidine groups is 1. The maximum Gasteiger partial charge on any atom is 0.161 e. The van der Waals surface area contributed by atoms with Crippen molar-refractivity contribution >= 4 is 50.1 Å². The minimum Gasteiger partial charge on any atom is -0.334 e. The minimum atomic E-state index is 0.339. The molecule has 5 heteroatoms. The molecule has 2 aromatic carbocycles. The average molecular weight is 382 g/mol. The van der Waals surface area contributed by atoms with Crippen molar-refractivity contribution in [2.24, 2.45) is 4.99 Å². The number of anilines is 1. The summed E-state index contributed by atoms with van der Waals surface area (Å²) in [6.07, 6.45) is 0.987. The molecule has 2 aromatic rings. The Hall–Kier alpha value is -0.970. The summed E-state index contributed by atoms with van der Waals surface area (Å²) in [4.78, 5) is 4.76. The van der Waals surface area contributed by atoms with Crippen molar-refractivity contribution in [3.63, 3.8) is 0 Å². The van der Waals surface area contributed by atoms with Gasteiger partial charge in [0.05, 0.1) is 11.7 Å². The van der Waals surface area contributed by atoms with E-state index >= 15 is 0 Å². The lowest BCUT2D eigenvalue weighted by Gasteiger charge is -2.07. The first kappa shape index (κ1) is 14.9. The van der Waals surface area contributed by atoms with Crippen LogP contribution in [0.4, 0.5) is 5.69 Å². The van der Waals surface area contributed by atoms with Crippen LogP contribution in [0.1, 0.15) is 5.56 Å². The third-order valence-corrected chi connectivity index (χ3v) is 5.12. The van der Waals surface area contributed by atoms with Crippen molar-refractivity contribution in [1.29, 1.82) is 0 Å². The molecule has 0 saturated carbocycles. The molecule has 0 amide bonds. The Morgan fingerprint density at radius 2 is 2.05 bits per heavy atom. The maximum absolute atomic E-state index is 5.95. The first-order valence-corrected chi connectivity index (χ1v) is 8.83. The number of rotatable bonds is 3. The summed E-state index contributed by atoms with van der Waals surface area (Å²) in [6.45, 7) is 0. The highest BCUT2D eigenvalue weighted by Crippen LogP contribution is 2.29. The Morgan fingerprint density at radius 3 is 2.81 bits per heavy atom. The number of halogens is 2. The van der Waals surface area contributed by atoms with E-state index in [1.807, 2.05) is 24.3 Å². The molecule has 2 nitrogen and oxygen atoms in total. The minimum absolute atomic E-state index is 0.339. The topological polar surface area (TPSA) is 24.4 Å². The van der Waals surface area contributed by atoms with Gasteiger partial charge < -0.3 is 5.32 Å². The number of hydrogen-bond acceptors (Lipinski definition) is 3. The van der Waals surface area contributed by atoms with Gasteiger partial charge in [0.2, 0.25) is 0 Å². The lowest BCUT2D eigenvalue weighted by Crippen LogP contribution is -2.08. The predicted molar refractivity (Wildman–Crippen MR) is 96.6 cm³/mol. The van der Waals surface area contributed by atoms with Crippen LogP contribution in [-0.2, 0) is 6.42 Å². The number of nitrogens with zero attached hydrogens (tertiary/aromatic N) is 1. The van der Waals surface area contributed by atoms with Gasteiger partial charge in [-0.15, -0.1) is 0 Å². The van der Waals surface area contributed by atoms with E-state index in [4.69, 9.17) is 16.6 Å².